The predicted octanol–water partition coefficient (Wildman–Crippen LogP) is 4.44. The number of hydrogen-bond acceptors (Lipinski definition) is 2. The van der Waals surface area contributed by atoms with Crippen molar-refractivity contribution in [2.45, 2.75) is 46.5 Å². The zero-order chi connectivity index (χ0) is 12.1. The minimum Gasteiger partial charge on any atom is -0.346 e. The Kier molecular flexibility index (Phi) is 5.62. The van der Waals surface area contributed by atoms with Crippen LogP contribution in [0.3, 0.4) is 0 Å². The van der Waals surface area contributed by atoms with E-state index in [-0.39, 0.29) is 0 Å². The minimum atomic E-state index is 0.681. The summed E-state index contributed by atoms with van der Waals surface area (Å²) >= 11 is 8.74. The zero-order valence-electron chi connectivity index (χ0n) is 10.1. The average molecular weight is 303 g/mol. The first kappa shape index (κ1) is 13.8. The molecule has 1 aromatic heterocycles. The molecular weight excluding hydrogens is 284 g/mol. The molecule has 16 heavy (non-hydrogen) atoms. The van der Waals surface area contributed by atoms with Crippen molar-refractivity contribution in [2.24, 2.45) is 5.92 Å². The van der Waals surface area contributed by atoms with E-state index < -0.39 is 0 Å². The van der Waals surface area contributed by atoms with Crippen LogP contribution in [0.1, 0.15) is 45.1 Å². The summed E-state index contributed by atoms with van der Waals surface area (Å²) in [7, 11) is 0. The van der Waals surface area contributed by atoms with Gasteiger partial charge in [0.1, 0.15) is 10.5 Å². The Morgan fingerprint density at radius 3 is 2.62 bits per heavy atom. The van der Waals surface area contributed by atoms with Gasteiger partial charge in [0.05, 0.1) is 4.47 Å². The van der Waals surface area contributed by atoms with Crippen LogP contribution in [-0.2, 0) is 12.8 Å². The van der Waals surface area contributed by atoms with Crippen molar-refractivity contribution >= 4 is 28.1 Å². The summed E-state index contributed by atoms with van der Waals surface area (Å²) < 4.78 is 1.64. The van der Waals surface area contributed by atoms with E-state index in [4.69, 9.17) is 12.2 Å². The van der Waals surface area contributed by atoms with E-state index in [2.05, 4.69) is 46.7 Å². The molecule has 90 valence electrons. The Morgan fingerprint density at radius 1 is 1.38 bits per heavy atom. The summed E-state index contributed by atoms with van der Waals surface area (Å²) in [6.07, 6.45) is 4.25. The summed E-state index contributed by atoms with van der Waals surface area (Å²) in [5.74, 6) is 1.72. The smallest absolute Gasteiger partial charge is 0.144 e. The Labute approximate surface area is 111 Å². The maximum atomic E-state index is 5.24. The molecule has 0 atom stereocenters. The van der Waals surface area contributed by atoms with Crippen molar-refractivity contribution in [3.63, 3.8) is 0 Å². The Hall–Kier alpha value is -0.220. The first-order valence-electron chi connectivity index (χ1n) is 5.82. The second-order valence-electron chi connectivity index (χ2n) is 4.46. The second-order valence-corrected chi connectivity index (χ2v) is 5.64. The van der Waals surface area contributed by atoms with E-state index >= 15 is 0 Å². The molecule has 0 fully saturated rings. The van der Waals surface area contributed by atoms with E-state index in [0.29, 0.717) is 10.6 Å². The van der Waals surface area contributed by atoms with Crippen molar-refractivity contribution in [1.29, 1.82) is 0 Å². The van der Waals surface area contributed by atoms with Crippen LogP contribution in [0.15, 0.2) is 4.47 Å². The van der Waals surface area contributed by atoms with E-state index in [9.17, 15) is 0 Å². The van der Waals surface area contributed by atoms with Gasteiger partial charge < -0.3 is 4.98 Å². The Balaban J connectivity index is 2.90. The van der Waals surface area contributed by atoms with Gasteiger partial charge in [0.15, 0.2) is 0 Å². The normalized spacial score (nSPS) is 11.1. The van der Waals surface area contributed by atoms with Crippen molar-refractivity contribution in [3.05, 3.63) is 20.6 Å². The number of hydrogen-bond donors (Lipinski definition) is 1. The summed E-state index contributed by atoms with van der Waals surface area (Å²) in [6.45, 7) is 6.61. The Bertz CT molecular complexity index is 398. The number of aryl methyl sites for hydroxylation is 2. The molecule has 0 aliphatic rings. The van der Waals surface area contributed by atoms with Crippen LogP contribution in [0.2, 0.25) is 0 Å². The molecule has 0 radical (unpaired) electrons. The lowest BCUT2D eigenvalue weighted by molar-refractivity contribution is 0.572. The Morgan fingerprint density at radius 2 is 2.06 bits per heavy atom. The molecule has 0 amide bonds. The fourth-order valence-electron chi connectivity index (χ4n) is 1.52. The number of H-pyrrole nitrogens is 1. The van der Waals surface area contributed by atoms with E-state index in [1.54, 1.807) is 0 Å². The third kappa shape index (κ3) is 3.98. The van der Waals surface area contributed by atoms with Crippen LogP contribution in [0.4, 0.5) is 0 Å². The molecule has 1 rings (SSSR count). The fraction of sp³-hybridized carbons (Fsp3) is 0.667. The number of nitrogens with one attached hydrogen (secondary N) is 1. The molecule has 0 unspecified atom stereocenters. The lowest BCUT2D eigenvalue weighted by Gasteiger charge is -2.08. The van der Waals surface area contributed by atoms with Gasteiger partial charge in [-0.25, -0.2) is 4.98 Å². The molecular formula is C12H19BrN2S. The van der Waals surface area contributed by atoms with Crippen LogP contribution in [0, 0.1) is 10.6 Å². The summed E-state index contributed by atoms with van der Waals surface area (Å²) in [4.78, 5) is 7.79. The molecule has 1 aromatic rings. The highest BCUT2D eigenvalue weighted by molar-refractivity contribution is 9.10. The number of nitrogens with zero attached hydrogens (tertiary/aromatic N) is 1. The van der Waals surface area contributed by atoms with E-state index in [1.807, 2.05) is 0 Å². The molecule has 0 aliphatic heterocycles. The quantitative estimate of drug-likeness (QED) is 0.814. The molecule has 1 N–H and O–H groups in total. The number of aromatic nitrogens is 2. The third-order valence-electron chi connectivity index (χ3n) is 2.44. The van der Waals surface area contributed by atoms with E-state index in [1.165, 1.54) is 5.69 Å². The number of aromatic amines is 1. The molecule has 0 saturated carbocycles. The van der Waals surface area contributed by atoms with E-state index in [0.717, 1.165) is 36.0 Å². The molecule has 0 spiro atoms. The largest absolute Gasteiger partial charge is 0.346 e. The fourth-order valence-corrected chi connectivity index (χ4v) is 2.14. The van der Waals surface area contributed by atoms with Crippen LogP contribution in [0.5, 0.6) is 0 Å². The predicted molar refractivity (Wildman–Crippen MR) is 74.3 cm³/mol. The first-order chi connectivity index (χ1) is 7.54. The van der Waals surface area contributed by atoms with Gasteiger partial charge in [0.25, 0.3) is 0 Å². The van der Waals surface area contributed by atoms with Gasteiger partial charge in [-0.2, -0.15) is 0 Å². The van der Waals surface area contributed by atoms with Crippen molar-refractivity contribution in [2.75, 3.05) is 0 Å². The second kappa shape index (κ2) is 6.50. The van der Waals surface area contributed by atoms with Crippen molar-refractivity contribution in [1.82, 2.24) is 9.97 Å². The molecule has 0 saturated heterocycles. The molecule has 0 aromatic carbocycles. The molecule has 0 aliphatic carbocycles. The van der Waals surface area contributed by atoms with Crippen LogP contribution in [0.25, 0.3) is 0 Å². The SMILES string of the molecule is CCCc1[nH]c(CCC(C)C)nc(=S)c1Br. The topological polar surface area (TPSA) is 28.7 Å². The summed E-state index contributed by atoms with van der Waals surface area (Å²) in [5, 5.41) is 0. The lowest BCUT2D eigenvalue weighted by atomic mass is 10.1. The third-order valence-corrected chi connectivity index (χ3v) is 3.85. The lowest BCUT2D eigenvalue weighted by Crippen LogP contribution is -2.03. The first-order valence-corrected chi connectivity index (χ1v) is 7.02. The van der Waals surface area contributed by atoms with Crippen LogP contribution in [-0.4, -0.2) is 9.97 Å². The van der Waals surface area contributed by atoms with Gasteiger partial charge in [-0.05, 0) is 34.7 Å². The maximum absolute atomic E-state index is 5.24. The van der Waals surface area contributed by atoms with Gasteiger partial charge in [-0.15, -0.1) is 0 Å². The molecule has 2 nitrogen and oxygen atoms in total. The zero-order valence-corrected chi connectivity index (χ0v) is 12.5. The summed E-state index contributed by atoms with van der Waals surface area (Å²) in [6, 6.07) is 0. The highest BCUT2D eigenvalue weighted by Gasteiger charge is 2.06. The minimum absolute atomic E-state index is 0.681. The number of rotatable bonds is 5. The highest BCUT2D eigenvalue weighted by atomic mass is 79.9. The molecule has 1 heterocycles. The van der Waals surface area contributed by atoms with Crippen LogP contribution < -0.4 is 0 Å². The summed E-state index contributed by atoms with van der Waals surface area (Å²) in [5.41, 5.74) is 1.18. The average Bonchev–Trinajstić information content (AvgIpc) is 2.22. The van der Waals surface area contributed by atoms with Crippen LogP contribution >= 0.6 is 28.1 Å². The standard InChI is InChI=1S/C12H19BrN2S/c1-4-5-9-11(13)12(16)15-10(14-9)7-6-8(2)3/h8H,4-7H2,1-3H3,(H,14,15,16). The maximum Gasteiger partial charge on any atom is 0.144 e. The monoisotopic (exact) mass is 302 g/mol. The number of halogens is 1. The van der Waals surface area contributed by atoms with Gasteiger partial charge in [0, 0.05) is 12.1 Å². The van der Waals surface area contributed by atoms with Gasteiger partial charge in [0.2, 0.25) is 0 Å². The highest BCUT2D eigenvalue weighted by Crippen LogP contribution is 2.18. The van der Waals surface area contributed by atoms with Gasteiger partial charge >= 0.3 is 0 Å². The van der Waals surface area contributed by atoms with Gasteiger partial charge in [-0.1, -0.05) is 39.4 Å². The van der Waals surface area contributed by atoms with Gasteiger partial charge in [-0.3, -0.25) is 0 Å². The van der Waals surface area contributed by atoms with Crippen molar-refractivity contribution < 1.29 is 0 Å². The molecule has 4 heteroatoms. The molecule has 0 bridgehead atoms. The van der Waals surface area contributed by atoms with Crippen molar-refractivity contribution in [3.8, 4) is 0 Å².